The average Bonchev–Trinajstić information content (AvgIpc) is 2.60. The number of anilines is 1. The molecule has 1 atom stereocenters. The second-order valence-corrected chi connectivity index (χ2v) is 6.48. The van der Waals surface area contributed by atoms with Crippen LogP contribution in [0.1, 0.15) is 16.7 Å². The number of nitrogens with zero attached hydrogens (tertiary/aromatic N) is 1. The van der Waals surface area contributed by atoms with Crippen LogP contribution < -0.4 is 10.6 Å². The van der Waals surface area contributed by atoms with Crippen molar-refractivity contribution < 1.29 is 5.11 Å². The van der Waals surface area contributed by atoms with E-state index in [1.54, 1.807) is 0 Å². The van der Waals surface area contributed by atoms with Crippen LogP contribution in [0, 0.1) is 0 Å². The number of aliphatic hydroxyl groups is 1. The van der Waals surface area contributed by atoms with Gasteiger partial charge in [0.05, 0.1) is 6.10 Å². The van der Waals surface area contributed by atoms with Crippen molar-refractivity contribution in [2.75, 3.05) is 32.0 Å². The van der Waals surface area contributed by atoms with Crippen LogP contribution in [0.3, 0.4) is 0 Å². The van der Waals surface area contributed by atoms with E-state index >= 15 is 0 Å². The van der Waals surface area contributed by atoms with Gasteiger partial charge in [-0.05, 0) is 36.2 Å². The number of aliphatic hydroxyl groups excluding tert-OH is 1. The number of likely N-dealkylation sites (N-methyl/N-ethyl adjacent to an activating group) is 1. The van der Waals surface area contributed by atoms with Crippen LogP contribution in [-0.2, 0) is 19.5 Å². The first kappa shape index (κ1) is 17.0. The Kier molecular flexibility index (Phi) is 5.86. The minimum absolute atomic E-state index is 0.309. The summed E-state index contributed by atoms with van der Waals surface area (Å²) in [4.78, 5) is 2.34. The van der Waals surface area contributed by atoms with E-state index in [9.17, 15) is 5.11 Å². The highest BCUT2D eigenvalue weighted by Gasteiger charge is 2.20. The molecule has 24 heavy (non-hydrogen) atoms. The van der Waals surface area contributed by atoms with Crippen LogP contribution in [0.4, 0.5) is 5.69 Å². The Labute approximate surface area is 144 Å². The number of hydrogen-bond acceptors (Lipinski definition) is 4. The molecule has 1 aliphatic heterocycles. The first-order valence-electron chi connectivity index (χ1n) is 8.70. The van der Waals surface area contributed by atoms with E-state index in [0.29, 0.717) is 6.54 Å². The molecule has 0 aliphatic carbocycles. The Morgan fingerprint density at radius 1 is 1.12 bits per heavy atom. The fourth-order valence-corrected chi connectivity index (χ4v) is 3.38. The van der Waals surface area contributed by atoms with Gasteiger partial charge in [-0.3, -0.25) is 4.90 Å². The van der Waals surface area contributed by atoms with Crippen LogP contribution in [0.15, 0.2) is 48.5 Å². The van der Waals surface area contributed by atoms with Crippen LogP contribution in [0.2, 0.25) is 0 Å². The van der Waals surface area contributed by atoms with Crippen molar-refractivity contribution in [3.05, 3.63) is 65.2 Å². The third-order valence-corrected chi connectivity index (χ3v) is 4.58. The lowest BCUT2D eigenvalue weighted by molar-refractivity contribution is 0.106. The van der Waals surface area contributed by atoms with Gasteiger partial charge in [-0.1, -0.05) is 42.5 Å². The lowest BCUT2D eigenvalue weighted by Gasteiger charge is -2.31. The van der Waals surface area contributed by atoms with Gasteiger partial charge in [0.2, 0.25) is 0 Å². The number of fused-ring (bicyclic) bond motifs is 1. The van der Waals surface area contributed by atoms with Crippen LogP contribution in [0.5, 0.6) is 0 Å². The number of rotatable bonds is 7. The Hall–Kier alpha value is -1.88. The van der Waals surface area contributed by atoms with Gasteiger partial charge < -0.3 is 15.7 Å². The predicted octanol–water partition coefficient (Wildman–Crippen LogP) is 2.24. The Balaban J connectivity index is 1.64. The molecule has 3 rings (SSSR count). The minimum atomic E-state index is -0.309. The van der Waals surface area contributed by atoms with Gasteiger partial charge in [0.25, 0.3) is 0 Å². The van der Waals surface area contributed by atoms with E-state index in [2.05, 4.69) is 58.0 Å². The molecular formula is C20H27N3O. The van der Waals surface area contributed by atoms with Gasteiger partial charge in [0.15, 0.2) is 0 Å². The average molecular weight is 325 g/mol. The van der Waals surface area contributed by atoms with E-state index in [1.165, 1.54) is 22.4 Å². The summed E-state index contributed by atoms with van der Waals surface area (Å²) in [5, 5.41) is 16.6. The molecule has 0 spiro atoms. The van der Waals surface area contributed by atoms with E-state index in [4.69, 9.17) is 0 Å². The van der Waals surface area contributed by atoms with Crippen molar-refractivity contribution in [1.82, 2.24) is 10.2 Å². The molecular weight excluding hydrogens is 298 g/mol. The van der Waals surface area contributed by atoms with Gasteiger partial charge in [0, 0.05) is 38.4 Å². The second-order valence-electron chi connectivity index (χ2n) is 6.48. The van der Waals surface area contributed by atoms with E-state index < -0.39 is 0 Å². The molecule has 0 saturated heterocycles. The molecule has 0 aromatic heterocycles. The quantitative estimate of drug-likeness (QED) is 0.731. The summed E-state index contributed by atoms with van der Waals surface area (Å²) in [7, 11) is 1.87. The Morgan fingerprint density at radius 3 is 2.75 bits per heavy atom. The lowest BCUT2D eigenvalue weighted by atomic mass is 9.97. The SMILES string of the molecule is CNCC(O)CN1CCc2c(cccc2NCc2ccccc2)C1. The molecule has 2 aromatic rings. The summed E-state index contributed by atoms with van der Waals surface area (Å²) >= 11 is 0. The minimum Gasteiger partial charge on any atom is -0.390 e. The molecule has 3 N–H and O–H groups in total. The lowest BCUT2D eigenvalue weighted by Crippen LogP contribution is -2.40. The maximum atomic E-state index is 10.00. The highest BCUT2D eigenvalue weighted by atomic mass is 16.3. The fraction of sp³-hybridized carbons (Fsp3) is 0.400. The van der Waals surface area contributed by atoms with E-state index in [1.807, 2.05) is 13.1 Å². The number of nitrogens with one attached hydrogen (secondary N) is 2. The third kappa shape index (κ3) is 4.35. The van der Waals surface area contributed by atoms with Crippen molar-refractivity contribution >= 4 is 5.69 Å². The molecule has 4 heteroatoms. The predicted molar refractivity (Wildman–Crippen MR) is 99.1 cm³/mol. The summed E-state index contributed by atoms with van der Waals surface area (Å²) < 4.78 is 0. The summed E-state index contributed by atoms with van der Waals surface area (Å²) in [6.07, 6.45) is 0.718. The summed E-state index contributed by atoms with van der Waals surface area (Å²) in [6, 6.07) is 17.0. The maximum absolute atomic E-state index is 10.00. The largest absolute Gasteiger partial charge is 0.390 e. The zero-order valence-electron chi connectivity index (χ0n) is 14.3. The highest BCUT2D eigenvalue weighted by Crippen LogP contribution is 2.26. The van der Waals surface area contributed by atoms with Crippen LogP contribution in [-0.4, -0.2) is 42.8 Å². The molecule has 0 bridgehead atoms. The number of hydrogen-bond donors (Lipinski definition) is 3. The van der Waals surface area contributed by atoms with E-state index in [-0.39, 0.29) is 6.10 Å². The van der Waals surface area contributed by atoms with Crippen molar-refractivity contribution in [3.8, 4) is 0 Å². The molecule has 0 fully saturated rings. The third-order valence-electron chi connectivity index (χ3n) is 4.58. The normalized spacial score (nSPS) is 15.8. The Bertz CT molecular complexity index is 645. The summed E-state index contributed by atoms with van der Waals surface area (Å²) in [5.74, 6) is 0. The van der Waals surface area contributed by atoms with Gasteiger partial charge >= 0.3 is 0 Å². The van der Waals surface area contributed by atoms with Gasteiger partial charge in [-0.25, -0.2) is 0 Å². The molecule has 2 aromatic carbocycles. The topological polar surface area (TPSA) is 47.5 Å². The van der Waals surface area contributed by atoms with Gasteiger partial charge in [-0.15, -0.1) is 0 Å². The number of β-amino-alcohol motifs (C(OH)–C–C–N with tert-alkyl or cyclic N) is 1. The molecule has 1 heterocycles. The highest BCUT2D eigenvalue weighted by molar-refractivity contribution is 5.56. The van der Waals surface area contributed by atoms with Crippen molar-refractivity contribution in [2.24, 2.45) is 0 Å². The van der Waals surface area contributed by atoms with Gasteiger partial charge in [-0.2, -0.15) is 0 Å². The first-order valence-corrected chi connectivity index (χ1v) is 8.70. The zero-order valence-corrected chi connectivity index (χ0v) is 14.3. The summed E-state index contributed by atoms with van der Waals surface area (Å²) in [6.45, 7) is 4.13. The van der Waals surface area contributed by atoms with Crippen LogP contribution in [0.25, 0.3) is 0 Å². The second kappa shape index (κ2) is 8.29. The monoisotopic (exact) mass is 325 g/mol. The maximum Gasteiger partial charge on any atom is 0.0791 e. The molecule has 0 saturated carbocycles. The molecule has 0 radical (unpaired) electrons. The Morgan fingerprint density at radius 2 is 1.96 bits per heavy atom. The van der Waals surface area contributed by atoms with Crippen molar-refractivity contribution in [2.45, 2.75) is 25.6 Å². The van der Waals surface area contributed by atoms with Gasteiger partial charge in [0.1, 0.15) is 0 Å². The molecule has 128 valence electrons. The summed E-state index contributed by atoms with van der Waals surface area (Å²) in [5.41, 5.74) is 5.33. The first-order chi connectivity index (χ1) is 11.8. The van der Waals surface area contributed by atoms with Crippen LogP contribution >= 0.6 is 0 Å². The smallest absolute Gasteiger partial charge is 0.0791 e. The zero-order chi connectivity index (χ0) is 16.8. The molecule has 1 aliphatic rings. The molecule has 1 unspecified atom stereocenters. The van der Waals surface area contributed by atoms with Crippen molar-refractivity contribution in [1.29, 1.82) is 0 Å². The fourth-order valence-electron chi connectivity index (χ4n) is 3.38. The van der Waals surface area contributed by atoms with Crippen molar-refractivity contribution in [3.63, 3.8) is 0 Å². The number of benzene rings is 2. The molecule has 0 amide bonds. The molecule has 4 nitrogen and oxygen atoms in total. The standard InChI is InChI=1S/C20H27N3O/c1-21-13-18(24)15-23-11-10-19-17(14-23)8-5-9-20(19)22-12-16-6-3-2-4-7-16/h2-9,18,21-22,24H,10-15H2,1H3. The van der Waals surface area contributed by atoms with E-state index in [0.717, 1.165) is 32.6 Å².